The maximum atomic E-state index is 5.64. The molecule has 1 atom stereocenters. The molecule has 1 unspecified atom stereocenters. The third kappa shape index (κ3) is 3.50. The summed E-state index contributed by atoms with van der Waals surface area (Å²) in [6, 6.07) is 0. The molecule has 1 aliphatic rings. The van der Waals surface area contributed by atoms with E-state index in [4.69, 9.17) is 4.74 Å². The fourth-order valence-electron chi connectivity index (χ4n) is 2.84. The van der Waals surface area contributed by atoms with Crippen LogP contribution in [0.3, 0.4) is 0 Å². The van der Waals surface area contributed by atoms with Gasteiger partial charge in [0.2, 0.25) is 0 Å². The lowest BCUT2D eigenvalue weighted by atomic mass is 9.89. The second-order valence-electron chi connectivity index (χ2n) is 6.96. The largest absolute Gasteiger partial charge is 0.378 e. The van der Waals surface area contributed by atoms with Crippen LogP contribution in [0.4, 0.5) is 5.69 Å². The van der Waals surface area contributed by atoms with E-state index in [1.54, 1.807) is 0 Å². The van der Waals surface area contributed by atoms with Crippen molar-refractivity contribution in [1.82, 2.24) is 20.0 Å². The van der Waals surface area contributed by atoms with Crippen LogP contribution in [0, 0.1) is 0 Å². The Morgan fingerprint density at radius 3 is 3.00 bits per heavy atom. The summed E-state index contributed by atoms with van der Waals surface area (Å²) in [6.07, 6.45) is 8.41. The quantitative estimate of drug-likeness (QED) is 0.891. The number of ether oxygens (including phenoxy) is 1. The van der Waals surface area contributed by atoms with Gasteiger partial charge in [-0.15, -0.1) is 0 Å². The van der Waals surface area contributed by atoms with Crippen LogP contribution in [0.5, 0.6) is 0 Å². The summed E-state index contributed by atoms with van der Waals surface area (Å²) >= 11 is 0. The fraction of sp³-hybridized carbons (Fsp3) is 0.625. The van der Waals surface area contributed by atoms with Crippen molar-refractivity contribution >= 4 is 5.69 Å². The van der Waals surface area contributed by atoms with Crippen molar-refractivity contribution in [3.8, 4) is 0 Å². The molecule has 6 nitrogen and oxygen atoms in total. The zero-order chi connectivity index (χ0) is 15.6. The Morgan fingerprint density at radius 1 is 1.41 bits per heavy atom. The Bertz CT molecular complexity index is 604. The molecule has 2 aromatic rings. The molecule has 1 fully saturated rings. The zero-order valence-corrected chi connectivity index (χ0v) is 13.6. The van der Waals surface area contributed by atoms with Crippen molar-refractivity contribution in [3.05, 3.63) is 29.8 Å². The second-order valence-corrected chi connectivity index (χ2v) is 6.96. The lowest BCUT2D eigenvalue weighted by Crippen LogP contribution is -2.16. The Balaban J connectivity index is 1.58. The summed E-state index contributed by atoms with van der Waals surface area (Å²) in [6.45, 7) is 9.01. The van der Waals surface area contributed by atoms with E-state index in [9.17, 15) is 0 Å². The highest BCUT2D eigenvalue weighted by atomic mass is 16.5. The van der Waals surface area contributed by atoms with Crippen LogP contribution in [0.2, 0.25) is 0 Å². The van der Waals surface area contributed by atoms with Gasteiger partial charge in [0.05, 0.1) is 30.7 Å². The zero-order valence-electron chi connectivity index (χ0n) is 13.6. The van der Waals surface area contributed by atoms with Crippen LogP contribution >= 0.6 is 0 Å². The van der Waals surface area contributed by atoms with Crippen LogP contribution in [-0.2, 0) is 23.2 Å². The van der Waals surface area contributed by atoms with E-state index in [1.807, 2.05) is 23.3 Å². The first-order valence-corrected chi connectivity index (χ1v) is 7.93. The lowest BCUT2D eigenvalue weighted by molar-refractivity contribution is 0.0940. The van der Waals surface area contributed by atoms with Gasteiger partial charge in [-0.3, -0.25) is 9.78 Å². The van der Waals surface area contributed by atoms with Gasteiger partial charge in [-0.25, -0.2) is 0 Å². The third-order valence-corrected chi connectivity index (χ3v) is 4.00. The predicted molar refractivity (Wildman–Crippen MR) is 85.8 cm³/mol. The number of aromatic nitrogens is 4. The predicted octanol–water partition coefficient (Wildman–Crippen LogP) is 2.69. The van der Waals surface area contributed by atoms with E-state index < -0.39 is 0 Å². The normalized spacial score (nSPS) is 18.8. The first-order valence-electron chi connectivity index (χ1n) is 7.93. The number of nitrogens with zero attached hydrogens (tertiary/aromatic N) is 3. The highest BCUT2D eigenvalue weighted by Gasteiger charge is 2.20. The molecule has 0 radical (unpaired) electrons. The fourth-order valence-corrected chi connectivity index (χ4v) is 2.84. The molecule has 0 amide bonds. The van der Waals surface area contributed by atoms with Gasteiger partial charge >= 0.3 is 0 Å². The van der Waals surface area contributed by atoms with Crippen molar-refractivity contribution in [2.45, 2.75) is 58.2 Å². The Morgan fingerprint density at radius 2 is 2.27 bits per heavy atom. The first-order chi connectivity index (χ1) is 10.5. The molecule has 22 heavy (non-hydrogen) atoms. The minimum Gasteiger partial charge on any atom is -0.378 e. The molecule has 120 valence electrons. The van der Waals surface area contributed by atoms with Gasteiger partial charge in [0.1, 0.15) is 0 Å². The molecule has 2 aromatic heterocycles. The van der Waals surface area contributed by atoms with E-state index in [1.165, 1.54) is 11.3 Å². The molecular weight excluding hydrogens is 278 g/mol. The minimum atomic E-state index is 0.0670. The molecule has 0 aromatic carbocycles. The van der Waals surface area contributed by atoms with Gasteiger partial charge in [-0.2, -0.15) is 10.2 Å². The number of anilines is 1. The summed E-state index contributed by atoms with van der Waals surface area (Å²) in [5.74, 6) is 0. The lowest BCUT2D eigenvalue weighted by Gasteiger charge is -2.18. The maximum absolute atomic E-state index is 5.64. The molecule has 6 heteroatoms. The summed E-state index contributed by atoms with van der Waals surface area (Å²) in [5, 5.41) is 15.1. The summed E-state index contributed by atoms with van der Waals surface area (Å²) in [5.41, 5.74) is 3.46. The van der Waals surface area contributed by atoms with Crippen molar-refractivity contribution in [1.29, 1.82) is 0 Å². The molecule has 0 spiro atoms. The minimum absolute atomic E-state index is 0.0670. The van der Waals surface area contributed by atoms with Crippen LogP contribution in [0.15, 0.2) is 18.6 Å². The van der Waals surface area contributed by atoms with Crippen LogP contribution in [0.25, 0.3) is 0 Å². The Labute approximate surface area is 131 Å². The van der Waals surface area contributed by atoms with Gasteiger partial charge in [0, 0.05) is 36.0 Å². The topological polar surface area (TPSA) is 67.8 Å². The van der Waals surface area contributed by atoms with Crippen LogP contribution < -0.4 is 5.32 Å². The highest BCUT2D eigenvalue weighted by Crippen LogP contribution is 2.24. The Kier molecular flexibility index (Phi) is 4.20. The average molecular weight is 303 g/mol. The van der Waals surface area contributed by atoms with Gasteiger partial charge in [-0.05, 0) is 12.8 Å². The molecule has 3 rings (SSSR count). The first kappa shape index (κ1) is 15.1. The van der Waals surface area contributed by atoms with Crippen molar-refractivity contribution in [2.24, 2.45) is 0 Å². The number of nitrogens with one attached hydrogen (secondary N) is 2. The number of hydrogen-bond donors (Lipinski definition) is 2. The third-order valence-electron chi connectivity index (χ3n) is 4.00. The number of hydrogen-bond acceptors (Lipinski definition) is 4. The van der Waals surface area contributed by atoms with Gasteiger partial charge in [-0.1, -0.05) is 20.8 Å². The monoisotopic (exact) mass is 303 g/mol. The van der Waals surface area contributed by atoms with E-state index in [-0.39, 0.29) is 5.41 Å². The SMILES string of the molecule is CC(C)(C)c1[nH]ncc1CNc1cnn(CC2CCCO2)c1. The number of rotatable bonds is 5. The van der Waals surface area contributed by atoms with E-state index in [0.29, 0.717) is 6.10 Å². The molecule has 1 aliphatic heterocycles. The summed E-state index contributed by atoms with van der Waals surface area (Å²) in [4.78, 5) is 0. The standard InChI is InChI=1S/C16H25N5O/c1-16(2,3)15-12(8-18-20-15)7-17-13-9-19-21(10-13)11-14-5-4-6-22-14/h8-10,14,17H,4-7,11H2,1-3H3,(H,18,20). The molecule has 0 saturated carbocycles. The summed E-state index contributed by atoms with van der Waals surface area (Å²) in [7, 11) is 0. The van der Waals surface area contributed by atoms with E-state index in [0.717, 1.165) is 38.2 Å². The Hall–Kier alpha value is -1.82. The number of aromatic amines is 1. The molecular formula is C16H25N5O. The van der Waals surface area contributed by atoms with Crippen molar-refractivity contribution in [3.63, 3.8) is 0 Å². The molecule has 2 N–H and O–H groups in total. The van der Waals surface area contributed by atoms with Crippen molar-refractivity contribution in [2.75, 3.05) is 11.9 Å². The average Bonchev–Trinajstić information content (AvgIpc) is 3.17. The smallest absolute Gasteiger partial charge is 0.0771 e. The number of H-pyrrole nitrogens is 1. The molecule has 1 saturated heterocycles. The highest BCUT2D eigenvalue weighted by molar-refractivity contribution is 5.40. The molecule has 0 aliphatic carbocycles. The molecule has 0 bridgehead atoms. The molecule has 3 heterocycles. The van der Waals surface area contributed by atoms with Crippen molar-refractivity contribution < 1.29 is 4.74 Å². The van der Waals surface area contributed by atoms with Gasteiger partial charge in [0.25, 0.3) is 0 Å². The van der Waals surface area contributed by atoms with Crippen LogP contribution in [-0.4, -0.2) is 32.7 Å². The summed E-state index contributed by atoms with van der Waals surface area (Å²) < 4.78 is 7.60. The van der Waals surface area contributed by atoms with Gasteiger partial charge < -0.3 is 10.1 Å². The van der Waals surface area contributed by atoms with Crippen LogP contribution in [0.1, 0.15) is 44.9 Å². The maximum Gasteiger partial charge on any atom is 0.0771 e. The second kappa shape index (κ2) is 6.12. The van der Waals surface area contributed by atoms with Gasteiger partial charge in [0.15, 0.2) is 0 Å². The van der Waals surface area contributed by atoms with E-state index >= 15 is 0 Å². The van der Waals surface area contributed by atoms with E-state index in [2.05, 4.69) is 41.4 Å².